The minimum absolute atomic E-state index is 0.147. The highest BCUT2D eigenvalue weighted by Gasteiger charge is 2.26. The van der Waals surface area contributed by atoms with Crippen molar-refractivity contribution in [2.24, 2.45) is 0 Å². The highest BCUT2D eigenvalue weighted by atomic mass is 16.5. The Morgan fingerprint density at radius 2 is 2.29 bits per heavy atom. The molecule has 0 spiro atoms. The quantitative estimate of drug-likeness (QED) is 0.858. The van der Waals surface area contributed by atoms with Crippen LogP contribution < -0.4 is 5.32 Å². The summed E-state index contributed by atoms with van der Waals surface area (Å²) in [7, 11) is 0. The second-order valence-electron chi connectivity index (χ2n) is 4.69. The van der Waals surface area contributed by atoms with E-state index in [4.69, 9.17) is 10.00 Å². The van der Waals surface area contributed by atoms with E-state index in [1.165, 1.54) is 0 Å². The summed E-state index contributed by atoms with van der Waals surface area (Å²) < 4.78 is 5.36. The molecule has 17 heavy (non-hydrogen) atoms. The summed E-state index contributed by atoms with van der Waals surface area (Å²) in [6.07, 6.45) is 3.74. The van der Waals surface area contributed by atoms with Crippen LogP contribution in [-0.4, -0.2) is 23.7 Å². The zero-order chi connectivity index (χ0) is 12.1. The van der Waals surface area contributed by atoms with Crippen LogP contribution in [0.1, 0.15) is 31.0 Å². The standard InChI is InChI=1S/C13H17N3O/c1-13(3-6-17-7-4-13)16-10-11-2-5-15-12(8-11)9-14/h2,5,8,16H,3-4,6-7,10H2,1H3. The van der Waals surface area contributed by atoms with Crippen LogP contribution in [0.25, 0.3) is 0 Å². The Bertz CT molecular complexity index is 419. The summed E-state index contributed by atoms with van der Waals surface area (Å²) in [5.41, 5.74) is 1.72. The predicted molar refractivity (Wildman–Crippen MR) is 64.2 cm³/mol. The number of pyridine rings is 1. The average Bonchev–Trinajstić information content (AvgIpc) is 2.38. The molecule has 0 atom stereocenters. The van der Waals surface area contributed by atoms with Gasteiger partial charge in [-0.3, -0.25) is 0 Å². The van der Waals surface area contributed by atoms with Gasteiger partial charge in [-0.05, 0) is 37.5 Å². The molecule has 0 aromatic carbocycles. The van der Waals surface area contributed by atoms with Crippen LogP contribution in [0, 0.1) is 11.3 Å². The maximum absolute atomic E-state index is 8.78. The second kappa shape index (κ2) is 5.26. The third-order valence-corrected chi connectivity index (χ3v) is 3.25. The molecule has 0 amide bonds. The number of nitriles is 1. The van der Waals surface area contributed by atoms with Crippen molar-refractivity contribution in [1.29, 1.82) is 5.26 Å². The Labute approximate surface area is 102 Å². The van der Waals surface area contributed by atoms with Crippen molar-refractivity contribution in [2.45, 2.75) is 31.8 Å². The first-order valence-corrected chi connectivity index (χ1v) is 5.90. The van der Waals surface area contributed by atoms with Crippen molar-refractivity contribution in [1.82, 2.24) is 10.3 Å². The molecule has 0 bridgehead atoms. The van der Waals surface area contributed by atoms with Crippen LogP contribution in [0.4, 0.5) is 0 Å². The van der Waals surface area contributed by atoms with E-state index in [0.29, 0.717) is 5.69 Å². The van der Waals surface area contributed by atoms with Crippen LogP contribution in [0.5, 0.6) is 0 Å². The van der Waals surface area contributed by atoms with E-state index in [-0.39, 0.29) is 5.54 Å². The molecule has 1 aromatic rings. The summed E-state index contributed by atoms with van der Waals surface area (Å²) in [4.78, 5) is 3.96. The molecule has 0 radical (unpaired) electrons. The zero-order valence-corrected chi connectivity index (χ0v) is 10.1. The lowest BCUT2D eigenvalue weighted by molar-refractivity contribution is 0.0446. The lowest BCUT2D eigenvalue weighted by atomic mass is 9.92. The maximum Gasteiger partial charge on any atom is 0.140 e. The SMILES string of the molecule is CC1(NCc2ccnc(C#N)c2)CCOCC1. The van der Waals surface area contributed by atoms with Crippen molar-refractivity contribution >= 4 is 0 Å². The van der Waals surface area contributed by atoms with Crippen molar-refractivity contribution < 1.29 is 4.74 Å². The van der Waals surface area contributed by atoms with Gasteiger partial charge in [0.1, 0.15) is 11.8 Å². The molecule has 4 nitrogen and oxygen atoms in total. The Balaban J connectivity index is 1.95. The van der Waals surface area contributed by atoms with Gasteiger partial charge in [0.05, 0.1) is 0 Å². The predicted octanol–water partition coefficient (Wildman–Crippen LogP) is 1.61. The van der Waals surface area contributed by atoms with Gasteiger partial charge < -0.3 is 10.1 Å². The Kier molecular flexibility index (Phi) is 3.72. The van der Waals surface area contributed by atoms with Gasteiger partial charge >= 0.3 is 0 Å². The molecule has 0 saturated carbocycles. The van der Waals surface area contributed by atoms with Gasteiger partial charge in [0.25, 0.3) is 0 Å². The summed E-state index contributed by atoms with van der Waals surface area (Å²) in [5, 5.41) is 12.3. The van der Waals surface area contributed by atoms with Crippen LogP contribution in [0.2, 0.25) is 0 Å². The first-order chi connectivity index (χ1) is 8.22. The van der Waals surface area contributed by atoms with Gasteiger partial charge in [-0.2, -0.15) is 5.26 Å². The molecule has 0 aliphatic carbocycles. The monoisotopic (exact) mass is 231 g/mol. The molecular formula is C13H17N3O. The first kappa shape index (κ1) is 12.0. The number of aromatic nitrogens is 1. The molecule has 1 fully saturated rings. The van der Waals surface area contributed by atoms with E-state index in [1.807, 2.05) is 12.1 Å². The van der Waals surface area contributed by atoms with Gasteiger partial charge in [-0.25, -0.2) is 4.98 Å². The Hall–Kier alpha value is -1.44. The van der Waals surface area contributed by atoms with E-state index in [2.05, 4.69) is 23.3 Å². The summed E-state index contributed by atoms with van der Waals surface area (Å²) in [5.74, 6) is 0. The maximum atomic E-state index is 8.78. The number of nitrogens with zero attached hydrogens (tertiary/aromatic N) is 2. The number of hydrogen-bond acceptors (Lipinski definition) is 4. The topological polar surface area (TPSA) is 57.9 Å². The molecular weight excluding hydrogens is 214 g/mol. The molecule has 1 saturated heterocycles. The fourth-order valence-electron chi connectivity index (χ4n) is 1.96. The normalized spacial score (nSPS) is 18.6. The smallest absolute Gasteiger partial charge is 0.140 e. The Morgan fingerprint density at radius 1 is 1.53 bits per heavy atom. The molecule has 2 rings (SSSR count). The minimum Gasteiger partial charge on any atom is -0.381 e. The molecule has 1 N–H and O–H groups in total. The van der Waals surface area contributed by atoms with Gasteiger partial charge in [0.15, 0.2) is 0 Å². The fraction of sp³-hybridized carbons (Fsp3) is 0.538. The molecule has 2 heterocycles. The van der Waals surface area contributed by atoms with E-state index in [0.717, 1.165) is 38.2 Å². The molecule has 1 aromatic heterocycles. The van der Waals surface area contributed by atoms with Crippen molar-refractivity contribution in [2.75, 3.05) is 13.2 Å². The third-order valence-electron chi connectivity index (χ3n) is 3.25. The third kappa shape index (κ3) is 3.26. The Morgan fingerprint density at radius 3 is 3.00 bits per heavy atom. The molecule has 1 aliphatic heterocycles. The lowest BCUT2D eigenvalue weighted by Gasteiger charge is -2.34. The van der Waals surface area contributed by atoms with Crippen LogP contribution in [0.3, 0.4) is 0 Å². The molecule has 0 unspecified atom stereocenters. The van der Waals surface area contributed by atoms with Gasteiger partial charge in [0, 0.05) is 31.5 Å². The van der Waals surface area contributed by atoms with E-state index < -0.39 is 0 Å². The summed E-state index contributed by atoms with van der Waals surface area (Å²) >= 11 is 0. The van der Waals surface area contributed by atoms with E-state index in [1.54, 1.807) is 6.20 Å². The highest BCUT2D eigenvalue weighted by molar-refractivity contribution is 5.25. The number of hydrogen-bond donors (Lipinski definition) is 1. The van der Waals surface area contributed by atoms with E-state index in [9.17, 15) is 0 Å². The molecule has 1 aliphatic rings. The lowest BCUT2D eigenvalue weighted by Crippen LogP contribution is -2.46. The minimum atomic E-state index is 0.147. The zero-order valence-electron chi connectivity index (χ0n) is 10.1. The summed E-state index contributed by atoms with van der Waals surface area (Å²) in [6.45, 7) is 4.64. The van der Waals surface area contributed by atoms with Crippen molar-refractivity contribution in [3.63, 3.8) is 0 Å². The highest BCUT2D eigenvalue weighted by Crippen LogP contribution is 2.20. The van der Waals surface area contributed by atoms with Gasteiger partial charge in [0.2, 0.25) is 0 Å². The summed E-state index contributed by atoms with van der Waals surface area (Å²) in [6, 6.07) is 5.83. The van der Waals surface area contributed by atoms with Crippen LogP contribution in [-0.2, 0) is 11.3 Å². The van der Waals surface area contributed by atoms with Crippen molar-refractivity contribution in [3.8, 4) is 6.07 Å². The fourth-order valence-corrected chi connectivity index (χ4v) is 1.96. The number of rotatable bonds is 3. The van der Waals surface area contributed by atoms with Gasteiger partial charge in [-0.1, -0.05) is 0 Å². The second-order valence-corrected chi connectivity index (χ2v) is 4.69. The molecule has 90 valence electrons. The van der Waals surface area contributed by atoms with Crippen molar-refractivity contribution in [3.05, 3.63) is 29.6 Å². The largest absolute Gasteiger partial charge is 0.381 e. The average molecular weight is 231 g/mol. The van der Waals surface area contributed by atoms with E-state index >= 15 is 0 Å². The van der Waals surface area contributed by atoms with Gasteiger partial charge in [-0.15, -0.1) is 0 Å². The number of ether oxygens (including phenoxy) is 1. The first-order valence-electron chi connectivity index (χ1n) is 5.90. The van der Waals surface area contributed by atoms with Crippen LogP contribution in [0.15, 0.2) is 18.3 Å². The number of nitrogens with one attached hydrogen (secondary N) is 1. The molecule has 4 heteroatoms. The van der Waals surface area contributed by atoms with Crippen LogP contribution >= 0.6 is 0 Å².